The standard InChI is InChI=1S/C39H28N2O2/c1-25-13-5-6-16-27(25)30-19-11-20-31-29-18-8-10-23-34(29)40(37(30)31)35-24-12-21-32-36(35)39(43)41(38(32)42)33-22-9-7-17-28(33)26-14-3-2-4-15-26/h2-24,38,42H,1H3. The molecule has 1 amide bonds. The highest BCUT2D eigenvalue weighted by molar-refractivity contribution is 6.18. The molecule has 4 nitrogen and oxygen atoms in total. The van der Waals surface area contributed by atoms with Gasteiger partial charge in [-0.15, -0.1) is 0 Å². The molecule has 1 unspecified atom stereocenters. The van der Waals surface area contributed by atoms with Gasteiger partial charge in [0.2, 0.25) is 0 Å². The summed E-state index contributed by atoms with van der Waals surface area (Å²) < 4.78 is 2.21. The van der Waals surface area contributed by atoms with E-state index in [-0.39, 0.29) is 5.91 Å². The number of para-hydroxylation sites is 3. The van der Waals surface area contributed by atoms with E-state index in [1.807, 2.05) is 78.9 Å². The number of nitrogens with zero attached hydrogens (tertiary/aromatic N) is 2. The monoisotopic (exact) mass is 556 g/mol. The quantitative estimate of drug-likeness (QED) is 0.235. The molecule has 0 saturated heterocycles. The van der Waals surface area contributed by atoms with Crippen LogP contribution in [-0.4, -0.2) is 15.6 Å². The minimum absolute atomic E-state index is 0.221. The van der Waals surface area contributed by atoms with E-state index in [1.165, 1.54) is 10.5 Å². The first-order valence-electron chi connectivity index (χ1n) is 14.5. The van der Waals surface area contributed by atoms with Crippen LogP contribution in [0.5, 0.6) is 0 Å². The van der Waals surface area contributed by atoms with Crippen molar-refractivity contribution in [3.05, 3.63) is 156 Å². The Bertz CT molecular complexity index is 2200. The van der Waals surface area contributed by atoms with Crippen LogP contribution in [0, 0.1) is 6.92 Å². The largest absolute Gasteiger partial charge is 0.369 e. The molecule has 1 N–H and O–H groups in total. The van der Waals surface area contributed by atoms with Crippen molar-refractivity contribution in [3.63, 3.8) is 0 Å². The smallest absolute Gasteiger partial charge is 0.263 e. The Kier molecular flexibility index (Phi) is 5.78. The fourth-order valence-electron chi connectivity index (χ4n) is 6.71. The molecule has 0 fully saturated rings. The van der Waals surface area contributed by atoms with Gasteiger partial charge in [-0.05, 0) is 41.8 Å². The second kappa shape index (κ2) is 9.83. The van der Waals surface area contributed by atoms with E-state index in [9.17, 15) is 9.90 Å². The Labute approximate surface area is 249 Å². The third-order valence-electron chi connectivity index (χ3n) is 8.65. The number of carbonyl (C=O) groups is 1. The highest BCUT2D eigenvalue weighted by Gasteiger charge is 2.40. The maximum Gasteiger partial charge on any atom is 0.263 e. The topological polar surface area (TPSA) is 45.5 Å². The number of aryl methyl sites for hydroxylation is 1. The van der Waals surface area contributed by atoms with Crippen LogP contribution in [0.2, 0.25) is 0 Å². The summed E-state index contributed by atoms with van der Waals surface area (Å²) in [6.07, 6.45) is -1.11. The number of aromatic nitrogens is 1. The Morgan fingerprint density at radius 3 is 2.05 bits per heavy atom. The Hall–Kier alpha value is -5.45. The van der Waals surface area contributed by atoms with Gasteiger partial charge >= 0.3 is 0 Å². The van der Waals surface area contributed by atoms with Crippen LogP contribution in [0.3, 0.4) is 0 Å². The second-order valence-electron chi connectivity index (χ2n) is 11.0. The normalized spacial score (nSPS) is 14.5. The van der Waals surface area contributed by atoms with Gasteiger partial charge in [0, 0.05) is 27.5 Å². The highest BCUT2D eigenvalue weighted by atomic mass is 16.3. The number of aliphatic hydroxyl groups excluding tert-OH is 1. The van der Waals surface area contributed by atoms with Crippen molar-refractivity contribution in [1.29, 1.82) is 0 Å². The number of amides is 1. The summed E-state index contributed by atoms with van der Waals surface area (Å²) in [7, 11) is 0. The van der Waals surface area contributed by atoms with Crippen LogP contribution in [0.15, 0.2) is 140 Å². The maximum absolute atomic E-state index is 14.5. The van der Waals surface area contributed by atoms with E-state index in [0.717, 1.165) is 49.7 Å². The van der Waals surface area contributed by atoms with Crippen molar-refractivity contribution in [2.24, 2.45) is 0 Å². The molecular formula is C39H28N2O2. The Balaban J connectivity index is 1.39. The summed E-state index contributed by atoms with van der Waals surface area (Å²) >= 11 is 0. The van der Waals surface area contributed by atoms with Gasteiger partial charge in [0.05, 0.1) is 28.0 Å². The minimum Gasteiger partial charge on any atom is -0.369 e. The first-order valence-corrected chi connectivity index (χ1v) is 14.5. The van der Waals surface area contributed by atoms with Crippen molar-refractivity contribution in [1.82, 2.24) is 4.57 Å². The first kappa shape index (κ1) is 25.3. The van der Waals surface area contributed by atoms with E-state index in [0.29, 0.717) is 16.8 Å². The van der Waals surface area contributed by atoms with Crippen molar-refractivity contribution < 1.29 is 9.90 Å². The highest BCUT2D eigenvalue weighted by Crippen LogP contribution is 2.45. The number of benzene rings is 6. The predicted octanol–water partition coefficient (Wildman–Crippen LogP) is 9.08. The lowest BCUT2D eigenvalue weighted by Crippen LogP contribution is -2.28. The molecule has 2 heterocycles. The van der Waals surface area contributed by atoms with Gasteiger partial charge in [-0.2, -0.15) is 0 Å². The molecule has 206 valence electrons. The Morgan fingerprint density at radius 2 is 1.21 bits per heavy atom. The van der Waals surface area contributed by atoms with Gasteiger partial charge in [0.1, 0.15) is 0 Å². The number of hydrogen-bond donors (Lipinski definition) is 1. The zero-order chi connectivity index (χ0) is 29.1. The average Bonchev–Trinajstić information content (AvgIpc) is 3.53. The first-order chi connectivity index (χ1) is 21.1. The third-order valence-corrected chi connectivity index (χ3v) is 8.65. The molecule has 0 saturated carbocycles. The lowest BCUT2D eigenvalue weighted by atomic mass is 9.98. The summed E-state index contributed by atoms with van der Waals surface area (Å²) in [6.45, 7) is 2.13. The zero-order valence-corrected chi connectivity index (χ0v) is 23.6. The van der Waals surface area contributed by atoms with Gasteiger partial charge in [0.15, 0.2) is 6.23 Å². The molecule has 1 aliphatic rings. The third kappa shape index (κ3) is 3.77. The lowest BCUT2D eigenvalue weighted by Gasteiger charge is -2.24. The van der Waals surface area contributed by atoms with Gasteiger partial charge in [-0.1, -0.05) is 121 Å². The van der Waals surface area contributed by atoms with Crippen LogP contribution in [0.25, 0.3) is 49.7 Å². The minimum atomic E-state index is -1.11. The summed E-state index contributed by atoms with van der Waals surface area (Å²) in [5, 5.41) is 14.0. The van der Waals surface area contributed by atoms with Gasteiger partial charge in [0.25, 0.3) is 5.91 Å². The lowest BCUT2D eigenvalue weighted by molar-refractivity contribution is 0.0935. The van der Waals surface area contributed by atoms with Gasteiger partial charge < -0.3 is 9.67 Å². The van der Waals surface area contributed by atoms with Crippen molar-refractivity contribution in [2.45, 2.75) is 13.2 Å². The van der Waals surface area contributed by atoms with Crippen LogP contribution in [-0.2, 0) is 0 Å². The molecule has 1 aromatic heterocycles. The molecular weight excluding hydrogens is 528 g/mol. The second-order valence-corrected chi connectivity index (χ2v) is 11.0. The van der Waals surface area contributed by atoms with Crippen LogP contribution in [0.4, 0.5) is 5.69 Å². The molecule has 8 rings (SSSR count). The molecule has 0 radical (unpaired) electrons. The van der Waals surface area contributed by atoms with Crippen molar-refractivity contribution in [2.75, 3.05) is 4.90 Å². The fraction of sp³-hybridized carbons (Fsp3) is 0.0513. The van der Waals surface area contributed by atoms with E-state index in [4.69, 9.17) is 0 Å². The van der Waals surface area contributed by atoms with Crippen molar-refractivity contribution >= 4 is 33.4 Å². The number of anilines is 1. The van der Waals surface area contributed by atoms with E-state index in [2.05, 4.69) is 72.2 Å². The summed E-state index contributed by atoms with van der Waals surface area (Å²) in [6, 6.07) is 46.7. The fourth-order valence-corrected chi connectivity index (χ4v) is 6.71. The summed E-state index contributed by atoms with van der Waals surface area (Å²) in [5.41, 5.74) is 9.91. The average molecular weight is 557 g/mol. The van der Waals surface area contributed by atoms with Crippen LogP contribution in [0.1, 0.15) is 27.7 Å². The predicted molar refractivity (Wildman–Crippen MR) is 175 cm³/mol. The molecule has 7 aromatic rings. The number of aliphatic hydroxyl groups is 1. The SMILES string of the molecule is Cc1ccccc1-c1cccc2c3ccccc3n(-c3cccc4c3C(=O)N(c3ccccc3-c3ccccc3)C4O)c12. The zero-order valence-electron chi connectivity index (χ0n) is 23.6. The summed E-state index contributed by atoms with van der Waals surface area (Å²) in [4.78, 5) is 16.1. The number of hydrogen-bond acceptors (Lipinski definition) is 2. The van der Waals surface area contributed by atoms with Crippen LogP contribution < -0.4 is 4.90 Å². The molecule has 0 aliphatic carbocycles. The van der Waals surface area contributed by atoms with Crippen molar-refractivity contribution in [3.8, 4) is 27.9 Å². The number of fused-ring (bicyclic) bond motifs is 4. The van der Waals surface area contributed by atoms with Gasteiger partial charge in [-0.25, -0.2) is 0 Å². The Morgan fingerprint density at radius 1 is 0.581 bits per heavy atom. The number of rotatable bonds is 4. The van der Waals surface area contributed by atoms with Crippen LogP contribution >= 0.6 is 0 Å². The maximum atomic E-state index is 14.5. The summed E-state index contributed by atoms with van der Waals surface area (Å²) in [5.74, 6) is -0.221. The van der Waals surface area contributed by atoms with Gasteiger partial charge in [-0.3, -0.25) is 9.69 Å². The van der Waals surface area contributed by atoms with E-state index < -0.39 is 6.23 Å². The molecule has 0 spiro atoms. The molecule has 6 aromatic carbocycles. The molecule has 1 atom stereocenters. The molecule has 1 aliphatic heterocycles. The van der Waals surface area contributed by atoms with E-state index >= 15 is 0 Å². The number of carbonyl (C=O) groups excluding carboxylic acids is 1. The molecule has 0 bridgehead atoms. The molecule has 43 heavy (non-hydrogen) atoms. The molecule has 4 heteroatoms. The van der Waals surface area contributed by atoms with E-state index in [1.54, 1.807) is 0 Å².